The molecule has 2 unspecified atom stereocenters. The summed E-state index contributed by atoms with van der Waals surface area (Å²) in [6.07, 6.45) is -0.333. The molecular weight excluding hydrogens is 186 g/mol. The van der Waals surface area contributed by atoms with E-state index in [2.05, 4.69) is 11.8 Å². The molecule has 1 saturated heterocycles. The second-order valence-electron chi connectivity index (χ2n) is 3.55. The van der Waals surface area contributed by atoms with Crippen LogP contribution in [0.3, 0.4) is 0 Å². The number of thioether (sulfide) groups is 1. The minimum absolute atomic E-state index is 0.333. The summed E-state index contributed by atoms with van der Waals surface area (Å²) < 4.78 is 4.89. The molecule has 13 heavy (non-hydrogen) atoms. The maximum atomic E-state index is 9.51. The molecule has 1 aliphatic rings. The van der Waals surface area contributed by atoms with Crippen molar-refractivity contribution in [3.8, 4) is 0 Å². The van der Waals surface area contributed by atoms with Crippen LogP contribution in [0.4, 0.5) is 0 Å². The molecule has 0 aromatic rings. The third-order valence-electron chi connectivity index (χ3n) is 2.15. The van der Waals surface area contributed by atoms with Crippen LogP contribution in [0.2, 0.25) is 0 Å². The molecule has 1 fully saturated rings. The van der Waals surface area contributed by atoms with Crippen molar-refractivity contribution in [1.29, 1.82) is 0 Å². The smallest absolute Gasteiger partial charge is 0.0900 e. The summed E-state index contributed by atoms with van der Waals surface area (Å²) in [5, 5.41) is 10.2. The Morgan fingerprint density at radius 3 is 3.08 bits per heavy atom. The molecule has 0 amide bonds. The lowest BCUT2D eigenvalue weighted by Gasteiger charge is -2.31. The van der Waals surface area contributed by atoms with E-state index in [-0.39, 0.29) is 6.10 Å². The van der Waals surface area contributed by atoms with E-state index < -0.39 is 0 Å². The first kappa shape index (κ1) is 11.3. The summed E-state index contributed by atoms with van der Waals surface area (Å²) >= 11 is 2.01. The Labute approximate surface area is 84.4 Å². The van der Waals surface area contributed by atoms with Crippen LogP contribution in [0.1, 0.15) is 6.92 Å². The lowest BCUT2D eigenvalue weighted by atomic mass is 10.3. The maximum absolute atomic E-state index is 9.51. The number of methoxy groups -OCH3 is 1. The highest BCUT2D eigenvalue weighted by molar-refractivity contribution is 7.99. The minimum atomic E-state index is -0.333. The summed E-state index contributed by atoms with van der Waals surface area (Å²) in [5.41, 5.74) is 0. The van der Waals surface area contributed by atoms with Gasteiger partial charge < -0.3 is 9.84 Å². The number of aliphatic hydroxyl groups excluding tert-OH is 1. The summed E-state index contributed by atoms with van der Waals surface area (Å²) in [5.74, 6) is 1.18. The van der Waals surface area contributed by atoms with Gasteiger partial charge in [-0.25, -0.2) is 0 Å². The molecule has 0 spiro atoms. The van der Waals surface area contributed by atoms with Gasteiger partial charge in [0, 0.05) is 37.7 Å². The first-order valence-electron chi connectivity index (χ1n) is 4.73. The molecule has 0 saturated carbocycles. The molecule has 78 valence electrons. The van der Waals surface area contributed by atoms with Gasteiger partial charge in [0.2, 0.25) is 0 Å². The first-order valence-corrected chi connectivity index (χ1v) is 5.78. The number of ether oxygens (including phenoxy) is 1. The van der Waals surface area contributed by atoms with E-state index >= 15 is 0 Å². The topological polar surface area (TPSA) is 32.7 Å². The van der Waals surface area contributed by atoms with Gasteiger partial charge in [0.25, 0.3) is 0 Å². The van der Waals surface area contributed by atoms with Crippen molar-refractivity contribution in [2.75, 3.05) is 39.1 Å². The lowest BCUT2D eigenvalue weighted by molar-refractivity contribution is 0.0387. The summed E-state index contributed by atoms with van der Waals surface area (Å²) in [6.45, 7) is 5.61. The fourth-order valence-corrected chi connectivity index (χ4v) is 2.68. The third-order valence-corrected chi connectivity index (χ3v) is 3.29. The minimum Gasteiger partial charge on any atom is -0.389 e. The van der Waals surface area contributed by atoms with Crippen LogP contribution in [-0.2, 0) is 4.74 Å². The van der Waals surface area contributed by atoms with Gasteiger partial charge in [0.1, 0.15) is 0 Å². The van der Waals surface area contributed by atoms with Gasteiger partial charge >= 0.3 is 0 Å². The van der Waals surface area contributed by atoms with Crippen molar-refractivity contribution in [1.82, 2.24) is 4.90 Å². The van der Waals surface area contributed by atoms with Crippen molar-refractivity contribution < 1.29 is 9.84 Å². The molecule has 0 radical (unpaired) electrons. The molecule has 0 bridgehead atoms. The number of hydrogen-bond donors (Lipinski definition) is 1. The van der Waals surface area contributed by atoms with Crippen LogP contribution in [0.5, 0.6) is 0 Å². The average Bonchev–Trinajstić information content (AvgIpc) is 2.04. The number of rotatable bonds is 4. The Bertz CT molecular complexity index is 146. The SMILES string of the molecule is COCC(O)CN1CCSC(C)C1. The summed E-state index contributed by atoms with van der Waals surface area (Å²) in [4.78, 5) is 2.31. The second-order valence-corrected chi connectivity index (χ2v) is 5.10. The van der Waals surface area contributed by atoms with E-state index in [1.807, 2.05) is 11.8 Å². The van der Waals surface area contributed by atoms with E-state index in [4.69, 9.17) is 4.74 Å². The van der Waals surface area contributed by atoms with Gasteiger partial charge in [-0.05, 0) is 0 Å². The zero-order valence-corrected chi connectivity index (χ0v) is 9.22. The lowest BCUT2D eigenvalue weighted by Crippen LogP contribution is -2.42. The zero-order valence-electron chi connectivity index (χ0n) is 8.40. The third kappa shape index (κ3) is 4.31. The predicted molar refractivity (Wildman–Crippen MR) is 56.2 cm³/mol. The Balaban J connectivity index is 2.19. The standard InChI is InChI=1S/C9H19NO2S/c1-8-5-10(3-4-13-8)6-9(11)7-12-2/h8-9,11H,3-7H2,1-2H3. The van der Waals surface area contributed by atoms with Gasteiger partial charge in [-0.15, -0.1) is 0 Å². The molecule has 1 aliphatic heterocycles. The fraction of sp³-hybridized carbons (Fsp3) is 1.00. The summed E-state index contributed by atoms with van der Waals surface area (Å²) in [6, 6.07) is 0. The van der Waals surface area contributed by atoms with Crippen molar-refractivity contribution in [2.45, 2.75) is 18.3 Å². The normalized spacial score (nSPS) is 27.5. The van der Waals surface area contributed by atoms with Gasteiger partial charge in [-0.1, -0.05) is 6.92 Å². The van der Waals surface area contributed by atoms with Gasteiger partial charge in [-0.2, -0.15) is 11.8 Å². The summed E-state index contributed by atoms with van der Waals surface area (Å²) in [7, 11) is 1.62. The van der Waals surface area contributed by atoms with Crippen LogP contribution in [-0.4, -0.2) is 60.5 Å². The predicted octanol–water partition coefficient (Wildman–Crippen LogP) is 0.431. The number of aliphatic hydroxyl groups is 1. The molecule has 4 heteroatoms. The molecule has 0 aromatic heterocycles. The van der Waals surface area contributed by atoms with E-state index in [0.717, 1.165) is 19.6 Å². The highest BCUT2D eigenvalue weighted by Crippen LogP contribution is 2.17. The largest absolute Gasteiger partial charge is 0.389 e. The molecule has 0 aromatic carbocycles. The van der Waals surface area contributed by atoms with Crippen molar-refractivity contribution in [3.05, 3.63) is 0 Å². The van der Waals surface area contributed by atoms with Crippen LogP contribution in [0.25, 0.3) is 0 Å². The number of β-amino-alcohol motifs (C(OH)–C–C–N with tert-alkyl or cyclic N) is 1. The Morgan fingerprint density at radius 1 is 1.69 bits per heavy atom. The second kappa shape index (κ2) is 5.86. The average molecular weight is 205 g/mol. The molecule has 1 N–H and O–H groups in total. The number of nitrogens with zero attached hydrogens (tertiary/aromatic N) is 1. The van der Waals surface area contributed by atoms with Crippen LogP contribution in [0.15, 0.2) is 0 Å². The molecule has 1 rings (SSSR count). The fourth-order valence-electron chi connectivity index (χ4n) is 1.60. The maximum Gasteiger partial charge on any atom is 0.0900 e. The van der Waals surface area contributed by atoms with Crippen LogP contribution < -0.4 is 0 Å². The Morgan fingerprint density at radius 2 is 2.46 bits per heavy atom. The molecule has 1 heterocycles. The monoisotopic (exact) mass is 205 g/mol. The molecule has 0 aliphatic carbocycles. The molecular formula is C9H19NO2S. The van der Waals surface area contributed by atoms with Crippen molar-refractivity contribution >= 4 is 11.8 Å². The van der Waals surface area contributed by atoms with Gasteiger partial charge in [-0.3, -0.25) is 4.90 Å². The zero-order chi connectivity index (χ0) is 9.68. The Hall–Kier alpha value is 0.230. The molecule has 3 nitrogen and oxygen atoms in total. The molecule has 2 atom stereocenters. The Kier molecular flexibility index (Phi) is 5.09. The highest BCUT2D eigenvalue weighted by atomic mass is 32.2. The van der Waals surface area contributed by atoms with Gasteiger partial charge in [0.15, 0.2) is 0 Å². The first-order chi connectivity index (χ1) is 6.22. The van der Waals surface area contributed by atoms with Crippen molar-refractivity contribution in [2.24, 2.45) is 0 Å². The van der Waals surface area contributed by atoms with Gasteiger partial charge in [0.05, 0.1) is 12.7 Å². The van der Waals surface area contributed by atoms with E-state index in [0.29, 0.717) is 11.9 Å². The van der Waals surface area contributed by atoms with E-state index in [1.165, 1.54) is 5.75 Å². The van der Waals surface area contributed by atoms with E-state index in [1.54, 1.807) is 7.11 Å². The van der Waals surface area contributed by atoms with Crippen LogP contribution >= 0.6 is 11.8 Å². The quantitative estimate of drug-likeness (QED) is 0.721. The highest BCUT2D eigenvalue weighted by Gasteiger charge is 2.18. The number of hydrogen-bond acceptors (Lipinski definition) is 4. The van der Waals surface area contributed by atoms with Crippen molar-refractivity contribution in [3.63, 3.8) is 0 Å². The van der Waals surface area contributed by atoms with Crippen LogP contribution in [0, 0.1) is 0 Å². The van der Waals surface area contributed by atoms with E-state index in [9.17, 15) is 5.11 Å².